The first-order valence-corrected chi connectivity index (χ1v) is 13.0. The highest BCUT2D eigenvalue weighted by molar-refractivity contribution is 7.92. The van der Waals surface area contributed by atoms with E-state index >= 15 is 0 Å². The minimum absolute atomic E-state index is 0.132. The molecule has 3 aromatic rings. The Labute approximate surface area is 207 Å². The number of anilines is 2. The van der Waals surface area contributed by atoms with E-state index in [1.165, 1.54) is 22.5 Å². The average Bonchev–Trinajstić information content (AvgIpc) is 2.82. The monoisotopic (exact) mass is 518 g/mol. The molecule has 0 aliphatic carbocycles. The molecule has 6 nitrogen and oxygen atoms in total. The van der Waals surface area contributed by atoms with Crippen molar-refractivity contribution < 1.29 is 31.4 Å². The Morgan fingerprint density at radius 1 is 1.03 bits per heavy atom. The van der Waals surface area contributed by atoms with Gasteiger partial charge in [-0.1, -0.05) is 18.2 Å². The first kappa shape index (κ1) is 24.5. The largest absolute Gasteiger partial charge is 0.435 e. The lowest BCUT2D eigenvalue weighted by Gasteiger charge is -2.47. The average molecular weight is 519 g/mol. The van der Waals surface area contributed by atoms with E-state index in [0.29, 0.717) is 36.3 Å². The number of piperidine rings is 1. The van der Waals surface area contributed by atoms with Crippen molar-refractivity contribution in [3.05, 3.63) is 72.0 Å². The number of fused-ring (bicyclic) bond motifs is 3. The molecule has 1 unspecified atom stereocenters. The quantitative estimate of drug-likeness (QED) is 0.518. The molecular formula is C26H25F3N2O4S. The van der Waals surface area contributed by atoms with E-state index in [4.69, 9.17) is 0 Å². The molecule has 0 radical (unpaired) electrons. The van der Waals surface area contributed by atoms with Crippen molar-refractivity contribution in [3.63, 3.8) is 0 Å². The fourth-order valence-corrected chi connectivity index (χ4v) is 6.60. The van der Waals surface area contributed by atoms with Crippen LogP contribution in [-0.4, -0.2) is 45.4 Å². The number of hydrogen-bond acceptors (Lipinski definition) is 5. The predicted molar refractivity (Wildman–Crippen MR) is 131 cm³/mol. The molecule has 1 saturated heterocycles. The van der Waals surface area contributed by atoms with Crippen LogP contribution in [0.4, 0.5) is 24.5 Å². The number of sulfonamides is 1. The highest BCUT2D eigenvalue weighted by atomic mass is 32.2. The lowest BCUT2D eigenvalue weighted by Crippen LogP contribution is -2.55. The third kappa shape index (κ3) is 4.62. The van der Waals surface area contributed by atoms with E-state index in [1.54, 1.807) is 30.3 Å². The summed E-state index contributed by atoms with van der Waals surface area (Å²) in [5.41, 5.74) is 2.61. The van der Waals surface area contributed by atoms with Crippen molar-refractivity contribution in [2.75, 3.05) is 22.3 Å². The summed E-state index contributed by atoms with van der Waals surface area (Å²) in [7, 11) is -3.97. The van der Waals surface area contributed by atoms with Gasteiger partial charge in [0.05, 0.1) is 35.0 Å². The van der Waals surface area contributed by atoms with Gasteiger partial charge >= 0.3 is 6.61 Å². The van der Waals surface area contributed by atoms with Crippen LogP contribution in [0.2, 0.25) is 0 Å². The molecule has 0 bridgehead atoms. The van der Waals surface area contributed by atoms with Crippen molar-refractivity contribution in [2.45, 2.75) is 43.4 Å². The molecule has 36 heavy (non-hydrogen) atoms. The highest BCUT2D eigenvalue weighted by Crippen LogP contribution is 2.43. The number of hydrogen-bond donors (Lipinski definition) is 1. The van der Waals surface area contributed by atoms with Crippen LogP contribution in [0.3, 0.4) is 0 Å². The second-order valence-corrected chi connectivity index (χ2v) is 11.0. The summed E-state index contributed by atoms with van der Waals surface area (Å²) < 4.78 is 73.0. The Morgan fingerprint density at radius 2 is 1.83 bits per heavy atom. The van der Waals surface area contributed by atoms with Crippen molar-refractivity contribution >= 4 is 21.4 Å². The normalized spacial score (nSPS) is 19.7. The molecule has 3 aromatic carbocycles. The Morgan fingerprint density at radius 3 is 2.58 bits per heavy atom. The van der Waals surface area contributed by atoms with E-state index in [9.17, 15) is 26.7 Å². The smallest absolute Gasteiger partial charge is 0.387 e. The summed E-state index contributed by atoms with van der Waals surface area (Å²) >= 11 is 0. The van der Waals surface area contributed by atoms with Gasteiger partial charge in [0.2, 0.25) is 0 Å². The van der Waals surface area contributed by atoms with Crippen LogP contribution in [0.5, 0.6) is 5.75 Å². The molecule has 1 N–H and O–H groups in total. The highest BCUT2D eigenvalue weighted by Gasteiger charge is 2.40. The first-order valence-electron chi connectivity index (χ1n) is 11.6. The van der Waals surface area contributed by atoms with E-state index < -0.39 is 28.6 Å². The van der Waals surface area contributed by atoms with E-state index in [1.807, 2.05) is 13.0 Å². The summed E-state index contributed by atoms with van der Waals surface area (Å²) in [6.45, 7) is -0.608. The van der Waals surface area contributed by atoms with Crippen LogP contribution in [0.25, 0.3) is 11.1 Å². The van der Waals surface area contributed by atoms with Gasteiger partial charge in [-0.2, -0.15) is 8.78 Å². The van der Waals surface area contributed by atoms with Gasteiger partial charge in [0.15, 0.2) is 0 Å². The molecule has 2 aliphatic rings. The zero-order valence-electron chi connectivity index (χ0n) is 19.4. The first-order chi connectivity index (χ1) is 17.1. The number of aliphatic hydroxyl groups is 1. The molecule has 0 amide bonds. The Bertz CT molecular complexity index is 1400. The van der Waals surface area contributed by atoms with Gasteiger partial charge in [-0.15, -0.1) is 0 Å². The van der Waals surface area contributed by atoms with Crippen LogP contribution in [0.15, 0.2) is 65.6 Å². The van der Waals surface area contributed by atoms with Gasteiger partial charge in [0.1, 0.15) is 11.6 Å². The van der Waals surface area contributed by atoms with Gasteiger partial charge < -0.3 is 14.7 Å². The zero-order valence-corrected chi connectivity index (χ0v) is 20.3. The maximum absolute atomic E-state index is 14.2. The summed E-state index contributed by atoms with van der Waals surface area (Å²) in [4.78, 5) is 2.23. The summed E-state index contributed by atoms with van der Waals surface area (Å²) in [6.07, 6.45) is 0.468. The number of aryl methyl sites for hydroxylation is 1. The van der Waals surface area contributed by atoms with Crippen molar-refractivity contribution in [2.24, 2.45) is 0 Å². The van der Waals surface area contributed by atoms with Crippen LogP contribution >= 0.6 is 0 Å². The summed E-state index contributed by atoms with van der Waals surface area (Å²) in [5.74, 6) is -1.08. The van der Waals surface area contributed by atoms with Crippen molar-refractivity contribution in [1.29, 1.82) is 0 Å². The lowest BCUT2D eigenvalue weighted by atomic mass is 9.94. The molecule has 0 saturated carbocycles. The Hall–Kier alpha value is -3.24. The van der Waals surface area contributed by atoms with Gasteiger partial charge in [-0.05, 0) is 72.9 Å². The van der Waals surface area contributed by atoms with Gasteiger partial charge in [-0.25, -0.2) is 12.8 Å². The van der Waals surface area contributed by atoms with E-state index in [2.05, 4.69) is 9.64 Å². The standard InChI is InChI=1S/C26H25F3N2O4S/c1-16-3-2-4-23(9-16)36(33,34)31-15-20-14-21(32)7-8-30(20)24-6-5-17(12-25(24)31)18-10-19(27)13-22(11-18)35-26(28)29/h2-6,9-13,20-21,26,32H,7-8,14-15H2,1H3/t20-,21?/m0/s1. The molecular weight excluding hydrogens is 493 g/mol. The van der Waals surface area contributed by atoms with Crippen molar-refractivity contribution in [3.8, 4) is 16.9 Å². The van der Waals surface area contributed by atoms with Gasteiger partial charge in [-0.3, -0.25) is 4.31 Å². The summed E-state index contributed by atoms with van der Waals surface area (Å²) in [6, 6.07) is 14.8. The molecule has 10 heteroatoms. The molecule has 2 heterocycles. The fraction of sp³-hybridized carbons (Fsp3) is 0.308. The molecule has 5 rings (SSSR count). The Kier molecular flexibility index (Phi) is 6.34. The molecule has 190 valence electrons. The Balaban J connectivity index is 1.64. The van der Waals surface area contributed by atoms with Crippen LogP contribution < -0.4 is 13.9 Å². The molecule has 2 aliphatic heterocycles. The van der Waals surface area contributed by atoms with Crippen molar-refractivity contribution in [1.82, 2.24) is 0 Å². The van der Waals surface area contributed by atoms with E-state index in [0.717, 1.165) is 11.6 Å². The summed E-state index contributed by atoms with van der Waals surface area (Å²) in [5, 5.41) is 10.3. The predicted octanol–water partition coefficient (Wildman–Crippen LogP) is 4.94. The molecule has 2 atom stereocenters. The number of nitrogens with zero attached hydrogens (tertiary/aromatic N) is 2. The zero-order chi connectivity index (χ0) is 25.6. The maximum Gasteiger partial charge on any atom is 0.387 e. The molecule has 0 aromatic heterocycles. The maximum atomic E-state index is 14.2. The third-order valence-electron chi connectivity index (χ3n) is 6.63. The third-order valence-corrected chi connectivity index (χ3v) is 8.40. The topological polar surface area (TPSA) is 70.1 Å². The van der Waals surface area contributed by atoms with Crippen LogP contribution in [-0.2, 0) is 10.0 Å². The fourth-order valence-electron chi connectivity index (χ4n) is 4.99. The number of benzene rings is 3. The second kappa shape index (κ2) is 9.33. The van der Waals surface area contributed by atoms with Crippen LogP contribution in [0.1, 0.15) is 18.4 Å². The van der Waals surface area contributed by atoms with Gasteiger partial charge in [0.25, 0.3) is 10.0 Å². The molecule has 1 fully saturated rings. The number of aliphatic hydroxyl groups excluding tert-OH is 1. The number of halogens is 3. The van der Waals surface area contributed by atoms with E-state index in [-0.39, 0.29) is 28.8 Å². The minimum Gasteiger partial charge on any atom is -0.435 e. The minimum atomic E-state index is -3.97. The van der Waals surface area contributed by atoms with Gasteiger partial charge in [0, 0.05) is 12.6 Å². The lowest BCUT2D eigenvalue weighted by molar-refractivity contribution is -0.0499. The second-order valence-electron chi connectivity index (χ2n) is 9.14. The van der Waals surface area contributed by atoms with Crippen LogP contribution in [0, 0.1) is 12.7 Å². The number of alkyl halides is 2. The SMILES string of the molecule is Cc1cccc(S(=O)(=O)N2C[C@@H]3CC(O)CCN3c3ccc(-c4cc(F)cc(OC(F)F)c4)cc32)c1. The number of rotatable bonds is 5. The number of ether oxygens (including phenoxy) is 1. The molecule has 0 spiro atoms.